The second-order valence-corrected chi connectivity index (χ2v) is 12.0. The van der Waals surface area contributed by atoms with Crippen molar-refractivity contribution in [1.29, 1.82) is 0 Å². The van der Waals surface area contributed by atoms with Crippen molar-refractivity contribution in [3.63, 3.8) is 0 Å². The number of hydrogen-bond donors (Lipinski definition) is 0. The third kappa shape index (κ3) is 8.59. The summed E-state index contributed by atoms with van der Waals surface area (Å²) in [7, 11) is 8.48. The summed E-state index contributed by atoms with van der Waals surface area (Å²) in [6.45, 7) is 7.36. The molecule has 1 unspecified atom stereocenters. The normalized spacial score (nSPS) is 12.8. The number of hydrogen-bond acceptors (Lipinski definition) is 6. The van der Waals surface area contributed by atoms with Crippen molar-refractivity contribution in [2.75, 3.05) is 64.2 Å². The van der Waals surface area contributed by atoms with Gasteiger partial charge in [-0.3, -0.25) is 0 Å². The Labute approximate surface area is 245 Å². The lowest BCUT2D eigenvalue weighted by Gasteiger charge is -2.35. The average Bonchev–Trinajstić information content (AvgIpc) is 2.96. The summed E-state index contributed by atoms with van der Waals surface area (Å²) in [6.07, 6.45) is 1.85. The van der Waals surface area contributed by atoms with Crippen LogP contribution < -0.4 is 9.80 Å². The third-order valence-corrected chi connectivity index (χ3v) is 7.84. The number of aromatic nitrogens is 1. The Morgan fingerprint density at radius 1 is 0.700 bits per heavy atom. The molecule has 2 heterocycles. The maximum absolute atomic E-state index is 4.46. The molecule has 0 saturated heterocycles. The van der Waals surface area contributed by atoms with E-state index in [9.17, 15) is 0 Å². The van der Waals surface area contributed by atoms with Crippen molar-refractivity contribution < 1.29 is 0 Å². The Kier molecular flexibility index (Phi) is 11.0. The molecule has 0 saturated carbocycles. The number of anilines is 3. The van der Waals surface area contributed by atoms with E-state index in [1.54, 1.807) is 0 Å². The van der Waals surface area contributed by atoms with Crippen molar-refractivity contribution in [3.05, 3.63) is 109 Å². The fourth-order valence-corrected chi connectivity index (χ4v) is 6.01. The highest BCUT2D eigenvalue weighted by atomic mass is 32.2. The number of fused-ring (bicyclic) bond motifs is 2. The molecule has 0 amide bonds. The fourth-order valence-electron chi connectivity index (χ4n) is 4.91. The van der Waals surface area contributed by atoms with E-state index in [1.807, 2.05) is 30.1 Å². The Morgan fingerprint density at radius 3 is 1.88 bits per heavy atom. The Morgan fingerprint density at radius 2 is 1.30 bits per heavy atom. The van der Waals surface area contributed by atoms with Crippen LogP contribution in [-0.4, -0.2) is 69.2 Å². The van der Waals surface area contributed by atoms with Gasteiger partial charge in [0.15, 0.2) is 0 Å². The van der Waals surface area contributed by atoms with E-state index in [-0.39, 0.29) is 0 Å². The maximum atomic E-state index is 4.46. The molecule has 1 aliphatic rings. The van der Waals surface area contributed by atoms with Crippen LogP contribution in [0.2, 0.25) is 0 Å². The van der Waals surface area contributed by atoms with Gasteiger partial charge in [-0.1, -0.05) is 79.3 Å². The first-order chi connectivity index (χ1) is 19.4. The lowest BCUT2D eigenvalue weighted by molar-refractivity contribution is 0.343. The van der Waals surface area contributed by atoms with Gasteiger partial charge in [-0.05, 0) is 76.1 Å². The van der Waals surface area contributed by atoms with Crippen LogP contribution >= 0.6 is 11.8 Å². The molecular formula is C34H43N5S. The van der Waals surface area contributed by atoms with Crippen LogP contribution in [0.1, 0.15) is 12.5 Å². The van der Waals surface area contributed by atoms with E-state index < -0.39 is 0 Å². The quantitative estimate of drug-likeness (QED) is 0.207. The molecule has 0 aliphatic carbocycles. The second-order valence-electron chi connectivity index (χ2n) is 10.9. The Bertz CT molecular complexity index is 1250. The third-order valence-electron chi connectivity index (χ3n) is 6.71. The van der Waals surface area contributed by atoms with Gasteiger partial charge in [0, 0.05) is 48.7 Å². The number of likely N-dealkylation sites (N-methyl/N-ethyl adjacent to an activating group) is 1. The first kappa shape index (κ1) is 29.7. The molecule has 40 heavy (non-hydrogen) atoms. The molecule has 0 N–H and O–H groups in total. The largest absolute Gasteiger partial charge is 0.351 e. The number of nitrogens with zero attached hydrogens (tertiary/aromatic N) is 5. The van der Waals surface area contributed by atoms with Crippen molar-refractivity contribution in [1.82, 2.24) is 14.8 Å². The first-order valence-electron chi connectivity index (χ1n) is 14.0. The summed E-state index contributed by atoms with van der Waals surface area (Å²) < 4.78 is 0. The van der Waals surface area contributed by atoms with Crippen LogP contribution in [0.25, 0.3) is 0 Å². The smallest absolute Gasteiger partial charge is 0.128 e. The van der Waals surface area contributed by atoms with Crippen molar-refractivity contribution in [3.8, 4) is 0 Å². The fraction of sp³-hybridized carbons (Fsp3) is 0.324. The van der Waals surface area contributed by atoms with Gasteiger partial charge in [-0.15, -0.1) is 0 Å². The summed E-state index contributed by atoms with van der Waals surface area (Å²) >= 11 is 1.88. The van der Waals surface area contributed by atoms with Crippen molar-refractivity contribution in [2.24, 2.45) is 5.92 Å². The summed E-state index contributed by atoms with van der Waals surface area (Å²) in [6, 6.07) is 34.0. The second kappa shape index (κ2) is 14.9. The molecule has 0 radical (unpaired) electrons. The van der Waals surface area contributed by atoms with Crippen LogP contribution in [0.5, 0.6) is 0 Å². The topological polar surface area (TPSA) is 25.9 Å². The standard InChI is InChI=1S/C18H22N2S.C16H21N3/c1-14(12-19(2)3)13-20-15-8-4-6-10-17(15)21-18-11-7-5-9-16(18)20;1-18(2)12-13-19(16-10-6-7-11-17-16)14-15-8-4-3-5-9-15/h4-11,14H,12-13H2,1-3H3;3-11H,12-14H2,1-2H3. The molecule has 4 aromatic rings. The van der Waals surface area contributed by atoms with E-state index in [4.69, 9.17) is 0 Å². The highest BCUT2D eigenvalue weighted by Crippen LogP contribution is 2.47. The molecule has 1 aromatic heterocycles. The SMILES string of the molecule is CC(CN(C)C)CN1c2ccccc2Sc2ccccc21.CN(C)CCN(Cc1ccccc1)c1ccccn1. The van der Waals surface area contributed by atoms with Crippen molar-refractivity contribution in [2.45, 2.75) is 23.3 Å². The Hall–Kier alpha value is -3.32. The zero-order valence-corrected chi connectivity index (χ0v) is 25.4. The maximum Gasteiger partial charge on any atom is 0.128 e. The van der Waals surface area contributed by atoms with Gasteiger partial charge in [0.25, 0.3) is 0 Å². The zero-order valence-electron chi connectivity index (χ0n) is 24.6. The van der Waals surface area contributed by atoms with E-state index in [0.29, 0.717) is 5.92 Å². The van der Waals surface area contributed by atoms with Gasteiger partial charge < -0.3 is 19.6 Å². The number of rotatable bonds is 10. The summed E-state index contributed by atoms with van der Waals surface area (Å²) in [5.74, 6) is 1.65. The zero-order chi connectivity index (χ0) is 28.3. The summed E-state index contributed by atoms with van der Waals surface area (Å²) in [4.78, 5) is 16.4. The first-order valence-corrected chi connectivity index (χ1v) is 14.8. The predicted octanol–water partition coefficient (Wildman–Crippen LogP) is 7.14. The predicted molar refractivity (Wildman–Crippen MR) is 172 cm³/mol. The van der Waals surface area contributed by atoms with E-state index >= 15 is 0 Å². The molecular weight excluding hydrogens is 510 g/mol. The highest BCUT2D eigenvalue weighted by Gasteiger charge is 2.24. The molecule has 5 rings (SSSR count). The van der Waals surface area contributed by atoms with Crippen LogP contribution in [0, 0.1) is 5.92 Å². The van der Waals surface area contributed by atoms with Gasteiger partial charge in [0.1, 0.15) is 5.82 Å². The van der Waals surface area contributed by atoms with Crippen molar-refractivity contribution >= 4 is 29.0 Å². The minimum absolute atomic E-state index is 0.615. The van der Waals surface area contributed by atoms with Gasteiger partial charge >= 0.3 is 0 Å². The monoisotopic (exact) mass is 553 g/mol. The van der Waals surface area contributed by atoms with Gasteiger partial charge in [-0.2, -0.15) is 0 Å². The van der Waals surface area contributed by atoms with Gasteiger partial charge in [0.05, 0.1) is 11.4 Å². The minimum Gasteiger partial charge on any atom is -0.351 e. The molecule has 0 bridgehead atoms. The van der Waals surface area contributed by atoms with E-state index in [1.165, 1.54) is 26.7 Å². The molecule has 1 atom stereocenters. The highest BCUT2D eigenvalue weighted by molar-refractivity contribution is 7.99. The number of para-hydroxylation sites is 2. The molecule has 1 aliphatic heterocycles. The Balaban J connectivity index is 0.000000186. The van der Waals surface area contributed by atoms with Crippen LogP contribution in [0.15, 0.2) is 113 Å². The molecule has 0 spiro atoms. The van der Waals surface area contributed by atoms with E-state index in [0.717, 1.165) is 38.5 Å². The van der Waals surface area contributed by atoms with E-state index in [2.05, 4.69) is 145 Å². The molecule has 5 nitrogen and oxygen atoms in total. The lowest BCUT2D eigenvalue weighted by Crippen LogP contribution is -2.31. The molecule has 210 valence electrons. The summed E-state index contributed by atoms with van der Waals surface area (Å²) in [5.41, 5.74) is 3.99. The molecule has 6 heteroatoms. The molecule has 0 fully saturated rings. The minimum atomic E-state index is 0.615. The lowest BCUT2D eigenvalue weighted by atomic mass is 10.1. The molecule has 3 aromatic carbocycles. The van der Waals surface area contributed by atoms with Gasteiger partial charge in [0.2, 0.25) is 0 Å². The number of pyridine rings is 1. The van der Waals surface area contributed by atoms with Crippen LogP contribution in [-0.2, 0) is 6.54 Å². The van der Waals surface area contributed by atoms with Crippen LogP contribution in [0.3, 0.4) is 0 Å². The number of benzene rings is 3. The van der Waals surface area contributed by atoms with Gasteiger partial charge in [-0.25, -0.2) is 4.98 Å². The average molecular weight is 554 g/mol. The summed E-state index contributed by atoms with van der Waals surface area (Å²) in [5, 5.41) is 0. The van der Waals surface area contributed by atoms with Crippen LogP contribution in [0.4, 0.5) is 17.2 Å².